The molecule has 0 atom stereocenters. The van der Waals surface area contributed by atoms with E-state index in [1.54, 1.807) is 61.1 Å². The van der Waals surface area contributed by atoms with Crippen LogP contribution in [-0.4, -0.2) is 73.0 Å². The summed E-state index contributed by atoms with van der Waals surface area (Å²) in [6, 6.07) is 21.2. The summed E-state index contributed by atoms with van der Waals surface area (Å²) in [4.78, 5) is 26.5. The van der Waals surface area contributed by atoms with Gasteiger partial charge in [0.25, 0.3) is 0 Å². The van der Waals surface area contributed by atoms with Crippen LogP contribution in [0.3, 0.4) is 0 Å². The van der Waals surface area contributed by atoms with Gasteiger partial charge in [0.1, 0.15) is 17.2 Å². The predicted molar refractivity (Wildman–Crippen MR) is 142 cm³/mol. The lowest BCUT2D eigenvalue weighted by Crippen LogP contribution is -2.31. The minimum absolute atomic E-state index is 0.200. The Kier molecular flexibility index (Phi) is 10.3. The molecule has 0 fully saturated rings. The second-order valence-corrected chi connectivity index (χ2v) is 7.72. The number of benzene rings is 3. The van der Waals surface area contributed by atoms with E-state index in [4.69, 9.17) is 0 Å². The molecule has 0 saturated carbocycles. The number of phenols is 2. The molecule has 3 rings (SSSR count). The molecule has 0 heterocycles. The molecule has 0 unspecified atom stereocenters. The van der Waals surface area contributed by atoms with Gasteiger partial charge in [0.05, 0.1) is 19.6 Å². The van der Waals surface area contributed by atoms with E-state index < -0.39 is 0 Å². The van der Waals surface area contributed by atoms with Crippen LogP contribution in [0, 0.1) is 4.91 Å². The highest BCUT2D eigenvalue weighted by Gasteiger charge is 2.04. The highest BCUT2D eigenvalue weighted by molar-refractivity contribution is 5.86. The fourth-order valence-corrected chi connectivity index (χ4v) is 3.29. The van der Waals surface area contributed by atoms with Gasteiger partial charge in [-0.3, -0.25) is 19.9 Å². The maximum Gasteiger partial charge on any atom is 0.124 e. The number of nitrogens with zero attached hydrogens (tertiary/aromatic N) is 5. The molecule has 0 aromatic heterocycles. The molecule has 3 aromatic carbocycles. The second kappa shape index (κ2) is 14.2. The van der Waals surface area contributed by atoms with Gasteiger partial charge in [-0.1, -0.05) is 42.5 Å². The van der Waals surface area contributed by atoms with Crippen LogP contribution in [0.1, 0.15) is 16.7 Å². The van der Waals surface area contributed by atoms with E-state index in [0.29, 0.717) is 61.6 Å². The Hall–Kier alpha value is -4.17. The number of hydrogen-bond donors (Lipinski definition) is 2. The van der Waals surface area contributed by atoms with E-state index in [-0.39, 0.29) is 11.5 Å². The SMILES string of the molecule is O=Nc1ccccc1C=NCCN(CCN=Cc1ccccc1O)CCN=Cc1ccccc1O. The van der Waals surface area contributed by atoms with Crippen molar-refractivity contribution in [2.45, 2.75) is 0 Å². The first-order valence-corrected chi connectivity index (χ1v) is 11.4. The number of para-hydroxylation sites is 2. The van der Waals surface area contributed by atoms with E-state index in [0.717, 1.165) is 0 Å². The van der Waals surface area contributed by atoms with E-state index in [9.17, 15) is 15.1 Å². The van der Waals surface area contributed by atoms with Crippen molar-refractivity contribution in [3.05, 3.63) is 94.4 Å². The molecule has 0 aliphatic carbocycles. The van der Waals surface area contributed by atoms with Crippen LogP contribution in [0.4, 0.5) is 5.69 Å². The number of rotatable bonds is 13. The van der Waals surface area contributed by atoms with Gasteiger partial charge in [-0.2, -0.15) is 0 Å². The molecule has 0 radical (unpaired) electrons. The third kappa shape index (κ3) is 8.60. The van der Waals surface area contributed by atoms with Gasteiger partial charge < -0.3 is 10.2 Å². The molecule has 3 aromatic rings. The third-order valence-corrected chi connectivity index (χ3v) is 5.24. The molecule has 0 bridgehead atoms. The first kappa shape index (κ1) is 25.5. The Morgan fingerprint density at radius 3 is 1.46 bits per heavy atom. The van der Waals surface area contributed by atoms with Gasteiger partial charge in [0, 0.05) is 55.0 Å². The molecule has 2 N–H and O–H groups in total. The molecule has 0 spiro atoms. The monoisotopic (exact) mass is 471 g/mol. The number of aromatic hydroxyl groups is 2. The van der Waals surface area contributed by atoms with Crippen molar-refractivity contribution < 1.29 is 10.2 Å². The zero-order chi connectivity index (χ0) is 24.7. The fourth-order valence-electron chi connectivity index (χ4n) is 3.29. The third-order valence-electron chi connectivity index (χ3n) is 5.24. The van der Waals surface area contributed by atoms with Crippen molar-refractivity contribution in [2.75, 3.05) is 39.3 Å². The van der Waals surface area contributed by atoms with E-state index in [2.05, 4.69) is 25.1 Å². The topological polar surface area (TPSA) is 110 Å². The molecule has 0 aliphatic heterocycles. The summed E-state index contributed by atoms with van der Waals surface area (Å²) in [5, 5.41) is 22.8. The van der Waals surface area contributed by atoms with E-state index >= 15 is 0 Å². The minimum Gasteiger partial charge on any atom is -0.507 e. The Morgan fingerprint density at radius 1 is 0.600 bits per heavy atom. The Bertz CT molecular complexity index is 1120. The summed E-state index contributed by atoms with van der Waals surface area (Å²) in [6.45, 7) is 3.72. The molecule has 0 aliphatic rings. The van der Waals surface area contributed by atoms with Crippen molar-refractivity contribution in [2.24, 2.45) is 20.2 Å². The first-order chi connectivity index (χ1) is 17.2. The standard InChI is InChI=1S/C27H29N5O3/c33-26-11-5-2-8-23(26)20-29-14-17-32(18-15-30-21-24-9-3-6-12-27(24)34)16-13-28-19-22-7-1-4-10-25(22)31-35/h1-12,19-21,33-34H,13-18H2. The summed E-state index contributed by atoms with van der Waals surface area (Å²) in [5.74, 6) is 0.400. The molecule has 8 heteroatoms. The van der Waals surface area contributed by atoms with Gasteiger partial charge in [-0.15, -0.1) is 4.91 Å². The number of nitroso groups, excluding NO2 is 1. The number of hydrogen-bond acceptors (Lipinski definition) is 8. The first-order valence-electron chi connectivity index (χ1n) is 11.4. The molecule has 0 amide bonds. The molecular weight excluding hydrogens is 442 g/mol. The van der Waals surface area contributed by atoms with Crippen molar-refractivity contribution in [1.82, 2.24) is 4.90 Å². The van der Waals surface area contributed by atoms with Crippen molar-refractivity contribution in [3.8, 4) is 11.5 Å². The molecular formula is C27H29N5O3. The Balaban J connectivity index is 1.55. The van der Waals surface area contributed by atoms with Crippen LogP contribution < -0.4 is 0 Å². The highest BCUT2D eigenvalue weighted by atomic mass is 16.3. The van der Waals surface area contributed by atoms with Gasteiger partial charge in [-0.25, -0.2) is 0 Å². The lowest BCUT2D eigenvalue weighted by Gasteiger charge is -2.19. The summed E-state index contributed by atoms with van der Waals surface area (Å²) in [5.41, 5.74) is 2.41. The van der Waals surface area contributed by atoms with E-state index in [1.807, 2.05) is 30.3 Å². The van der Waals surface area contributed by atoms with Gasteiger partial charge in [0.2, 0.25) is 0 Å². The van der Waals surface area contributed by atoms with Crippen LogP contribution >= 0.6 is 0 Å². The molecule has 180 valence electrons. The van der Waals surface area contributed by atoms with E-state index in [1.165, 1.54) is 0 Å². The minimum atomic E-state index is 0.200. The smallest absolute Gasteiger partial charge is 0.124 e. The molecule has 0 saturated heterocycles. The summed E-state index contributed by atoms with van der Waals surface area (Å²) < 4.78 is 0. The van der Waals surface area contributed by atoms with Gasteiger partial charge in [0.15, 0.2) is 0 Å². The quantitative estimate of drug-likeness (QED) is 0.283. The van der Waals surface area contributed by atoms with Gasteiger partial charge in [-0.05, 0) is 35.5 Å². The average molecular weight is 472 g/mol. The lowest BCUT2D eigenvalue weighted by molar-refractivity contribution is 0.298. The summed E-state index contributed by atoms with van der Waals surface area (Å²) in [6.07, 6.45) is 5.01. The van der Waals surface area contributed by atoms with Crippen LogP contribution in [0.5, 0.6) is 11.5 Å². The van der Waals surface area contributed by atoms with Crippen LogP contribution in [-0.2, 0) is 0 Å². The fraction of sp³-hybridized carbons (Fsp3) is 0.222. The summed E-state index contributed by atoms with van der Waals surface area (Å²) >= 11 is 0. The zero-order valence-electron chi connectivity index (χ0n) is 19.4. The van der Waals surface area contributed by atoms with Crippen LogP contribution in [0.2, 0.25) is 0 Å². The largest absolute Gasteiger partial charge is 0.507 e. The molecule has 35 heavy (non-hydrogen) atoms. The van der Waals surface area contributed by atoms with Crippen molar-refractivity contribution in [1.29, 1.82) is 0 Å². The lowest BCUT2D eigenvalue weighted by atomic mass is 10.2. The number of aliphatic imine (C=N–C) groups is 3. The Labute approximate surface area is 205 Å². The van der Waals surface area contributed by atoms with Crippen molar-refractivity contribution >= 4 is 24.3 Å². The second-order valence-electron chi connectivity index (χ2n) is 7.72. The maximum absolute atomic E-state index is 10.9. The average Bonchev–Trinajstić information content (AvgIpc) is 2.88. The predicted octanol–water partition coefficient (Wildman–Crippen LogP) is 4.45. The highest BCUT2D eigenvalue weighted by Crippen LogP contribution is 2.16. The normalized spacial score (nSPS) is 11.8. The Morgan fingerprint density at radius 2 is 1.00 bits per heavy atom. The zero-order valence-corrected chi connectivity index (χ0v) is 19.4. The van der Waals surface area contributed by atoms with Crippen LogP contribution in [0.15, 0.2) is 93.0 Å². The van der Waals surface area contributed by atoms with Gasteiger partial charge >= 0.3 is 0 Å². The number of phenolic OH excluding ortho intramolecular Hbond substituents is 2. The summed E-state index contributed by atoms with van der Waals surface area (Å²) in [7, 11) is 0. The van der Waals surface area contributed by atoms with Crippen molar-refractivity contribution in [3.63, 3.8) is 0 Å². The molecule has 8 nitrogen and oxygen atoms in total. The van der Waals surface area contributed by atoms with Crippen LogP contribution in [0.25, 0.3) is 0 Å². The maximum atomic E-state index is 10.9.